The second-order valence-electron chi connectivity index (χ2n) is 8.97. The molecule has 0 bridgehead atoms. The van der Waals surface area contributed by atoms with Gasteiger partial charge in [-0.2, -0.15) is 0 Å². The number of oxazole rings is 1. The van der Waals surface area contributed by atoms with E-state index < -0.39 is 8.32 Å². The van der Waals surface area contributed by atoms with Gasteiger partial charge < -0.3 is 24.0 Å². The minimum Gasteiger partial charge on any atom is -0.491 e. The van der Waals surface area contributed by atoms with Crippen molar-refractivity contribution < 1.29 is 18.7 Å². The van der Waals surface area contributed by atoms with Gasteiger partial charge in [-0.05, 0) is 54.5 Å². The smallest absolute Gasteiger partial charge is 0.227 e. The molecular formula is C23H32N2O4Si. The Kier molecular flexibility index (Phi) is 6.55. The predicted molar refractivity (Wildman–Crippen MR) is 124 cm³/mol. The number of ether oxygens (including phenoxy) is 1. The number of aromatic nitrogens is 1. The summed E-state index contributed by atoms with van der Waals surface area (Å²) in [7, 11) is -0.100. The lowest BCUT2D eigenvalue weighted by Crippen LogP contribution is -2.46. The van der Waals surface area contributed by atoms with Crippen LogP contribution in [0.2, 0.25) is 18.1 Å². The van der Waals surface area contributed by atoms with Gasteiger partial charge >= 0.3 is 0 Å². The zero-order valence-electron chi connectivity index (χ0n) is 18.7. The highest BCUT2D eigenvalue weighted by Crippen LogP contribution is 2.37. The fraction of sp³-hybridized carbons (Fsp3) is 0.435. The van der Waals surface area contributed by atoms with Crippen LogP contribution in [0.15, 0.2) is 46.9 Å². The number of hydrogen-bond donors (Lipinski definition) is 2. The molecule has 1 heterocycles. The molecule has 0 spiro atoms. The van der Waals surface area contributed by atoms with Crippen LogP contribution in [-0.4, -0.2) is 44.8 Å². The summed E-state index contributed by atoms with van der Waals surface area (Å²) in [6.45, 7) is 11.1. The number of rotatable bonds is 8. The molecule has 0 saturated carbocycles. The van der Waals surface area contributed by atoms with Gasteiger partial charge in [0.15, 0.2) is 13.9 Å². The SMILES string of the molecule is CNc1ccc(-c2nc3cc(OC[C@@H](CO)O[Si](C)(C)C(C)(C)C)ccc3o2)cc1. The number of nitrogens with one attached hydrogen (secondary N) is 1. The van der Waals surface area contributed by atoms with Crippen molar-refractivity contribution in [3.05, 3.63) is 42.5 Å². The van der Waals surface area contributed by atoms with Crippen molar-refractivity contribution in [2.75, 3.05) is 25.6 Å². The van der Waals surface area contributed by atoms with Gasteiger partial charge in [-0.3, -0.25) is 0 Å². The Morgan fingerprint density at radius 3 is 2.43 bits per heavy atom. The number of aliphatic hydroxyl groups excluding tert-OH is 1. The molecule has 162 valence electrons. The first-order valence-corrected chi connectivity index (χ1v) is 13.1. The first-order valence-electron chi connectivity index (χ1n) is 10.2. The number of benzene rings is 2. The molecule has 2 aromatic carbocycles. The Morgan fingerprint density at radius 1 is 1.13 bits per heavy atom. The largest absolute Gasteiger partial charge is 0.491 e. The third kappa shape index (κ3) is 5.03. The molecule has 0 saturated heterocycles. The minimum absolute atomic E-state index is 0.0713. The summed E-state index contributed by atoms with van der Waals surface area (Å²) < 4.78 is 18.1. The van der Waals surface area contributed by atoms with Crippen LogP contribution in [-0.2, 0) is 4.43 Å². The van der Waals surface area contributed by atoms with E-state index in [4.69, 9.17) is 13.6 Å². The molecule has 0 aliphatic carbocycles. The molecule has 30 heavy (non-hydrogen) atoms. The maximum Gasteiger partial charge on any atom is 0.227 e. The Hall–Kier alpha value is -2.35. The molecule has 0 fully saturated rings. The zero-order valence-corrected chi connectivity index (χ0v) is 19.7. The molecule has 3 aromatic rings. The van der Waals surface area contributed by atoms with Crippen LogP contribution in [0.3, 0.4) is 0 Å². The summed E-state index contributed by atoms with van der Waals surface area (Å²) >= 11 is 0. The average Bonchev–Trinajstić information content (AvgIpc) is 3.13. The topological polar surface area (TPSA) is 76.8 Å². The van der Waals surface area contributed by atoms with Crippen molar-refractivity contribution in [2.45, 2.75) is 45.0 Å². The normalized spacial score (nSPS) is 13.4. The van der Waals surface area contributed by atoms with Crippen molar-refractivity contribution in [1.29, 1.82) is 0 Å². The summed E-state index contributed by atoms with van der Waals surface area (Å²) in [6, 6.07) is 13.5. The van der Waals surface area contributed by atoms with Gasteiger partial charge in [0.2, 0.25) is 5.89 Å². The second-order valence-corrected chi connectivity index (χ2v) is 13.7. The molecule has 1 atom stereocenters. The molecule has 0 aliphatic rings. The summed E-state index contributed by atoms with van der Waals surface area (Å²) in [4.78, 5) is 4.60. The van der Waals surface area contributed by atoms with Gasteiger partial charge in [-0.25, -0.2) is 4.98 Å². The summed E-state index contributed by atoms with van der Waals surface area (Å²) in [5.41, 5.74) is 3.37. The zero-order chi connectivity index (χ0) is 21.9. The second kappa shape index (κ2) is 8.79. The molecule has 0 radical (unpaired) electrons. The molecule has 0 amide bonds. The molecular weight excluding hydrogens is 396 g/mol. The van der Waals surface area contributed by atoms with E-state index in [1.54, 1.807) is 0 Å². The Bertz CT molecular complexity index is 977. The number of fused-ring (bicyclic) bond motifs is 1. The standard InChI is InChI=1S/C23H32N2O4Si/c1-23(2,3)30(5,6)29-19(14-26)15-27-18-11-12-21-20(13-18)25-22(28-21)16-7-9-17(24-4)10-8-16/h7-13,19,24,26H,14-15H2,1-6H3/t19-/m1/s1. The van der Waals surface area contributed by atoms with Gasteiger partial charge in [0.25, 0.3) is 0 Å². The van der Waals surface area contributed by atoms with E-state index in [2.05, 4.69) is 44.2 Å². The first kappa shape index (κ1) is 22.3. The Labute approximate surface area is 179 Å². The van der Waals surface area contributed by atoms with Crippen LogP contribution in [0.5, 0.6) is 5.75 Å². The highest BCUT2D eigenvalue weighted by Gasteiger charge is 2.39. The maximum absolute atomic E-state index is 9.76. The molecule has 0 unspecified atom stereocenters. The van der Waals surface area contributed by atoms with Crippen LogP contribution in [0.4, 0.5) is 5.69 Å². The molecule has 1 aromatic heterocycles. The van der Waals surface area contributed by atoms with Crippen LogP contribution in [0, 0.1) is 0 Å². The molecule has 7 heteroatoms. The highest BCUT2D eigenvalue weighted by molar-refractivity contribution is 6.74. The van der Waals surface area contributed by atoms with E-state index in [1.807, 2.05) is 49.5 Å². The molecule has 0 aliphatic heterocycles. The average molecular weight is 429 g/mol. The van der Waals surface area contributed by atoms with Crippen LogP contribution in [0.1, 0.15) is 20.8 Å². The third-order valence-electron chi connectivity index (χ3n) is 5.69. The van der Waals surface area contributed by atoms with E-state index in [1.165, 1.54) is 0 Å². The van der Waals surface area contributed by atoms with Gasteiger partial charge in [0, 0.05) is 24.4 Å². The number of hydrogen-bond acceptors (Lipinski definition) is 6. The Morgan fingerprint density at radius 2 is 1.83 bits per heavy atom. The van der Waals surface area contributed by atoms with E-state index >= 15 is 0 Å². The number of aliphatic hydroxyl groups is 1. The van der Waals surface area contributed by atoms with Crippen molar-refractivity contribution in [3.63, 3.8) is 0 Å². The number of anilines is 1. The van der Waals surface area contributed by atoms with Gasteiger partial charge in [0.05, 0.1) is 6.61 Å². The van der Waals surface area contributed by atoms with E-state index in [-0.39, 0.29) is 24.4 Å². The first-order chi connectivity index (χ1) is 14.1. The van der Waals surface area contributed by atoms with Crippen LogP contribution < -0.4 is 10.1 Å². The lowest BCUT2D eigenvalue weighted by atomic mass is 10.2. The molecule has 3 rings (SSSR count). The van der Waals surface area contributed by atoms with Crippen LogP contribution in [0.25, 0.3) is 22.6 Å². The van der Waals surface area contributed by atoms with Crippen molar-refractivity contribution in [2.24, 2.45) is 0 Å². The Balaban J connectivity index is 1.70. The van der Waals surface area contributed by atoms with E-state index in [0.717, 1.165) is 16.8 Å². The lowest BCUT2D eigenvalue weighted by molar-refractivity contribution is 0.0615. The van der Waals surface area contributed by atoms with Crippen molar-refractivity contribution in [3.8, 4) is 17.2 Å². The predicted octanol–water partition coefficient (Wildman–Crippen LogP) is 5.30. The summed E-state index contributed by atoms with van der Waals surface area (Å²) in [6.07, 6.45) is -0.361. The lowest BCUT2D eigenvalue weighted by Gasteiger charge is -2.38. The summed E-state index contributed by atoms with van der Waals surface area (Å²) in [5, 5.41) is 12.9. The monoisotopic (exact) mass is 428 g/mol. The number of nitrogens with zero attached hydrogens (tertiary/aromatic N) is 1. The van der Waals surface area contributed by atoms with Gasteiger partial charge in [-0.15, -0.1) is 0 Å². The van der Waals surface area contributed by atoms with Gasteiger partial charge in [0.1, 0.15) is 24.0 Å². The van der Waals surface area contributed by atoms with E-state index in [9.17, 15) is 5.11 Å². The maximum atomic E-state index is 9.76. The van der Waals surface area contributed by atoms with Gasteiger partial charge in [-0.1, -0.05) is 20.8 Å². The fourth-order valence-electron chi connectivity index (χ4n) is 2.81. The quantitative estimate of drug-likeness (QED) is 0.474. The van der Waals surface area contributed by atoms with E-state index in [0.29, 0.717) is 17.2 Å². The summed E-state index contributed by atoms with van der Waals surface area (Å²) in [5.74, 6) is 1.24. The molecule has 6 nitrogen and oxygen atoms in total. The van der Waals surface area contributed by atoms with Crippen molar-refractivity contribution in [1.82, 2.24) is 4.98 Å². The van der Waals surface area contributed by atoms with Crippen molar-refractivity contribution >= 4 is 25.1 Å². The minimum atomic E-state index is -1.98. The fourth-order valence-corrected chi connectivity index (χ4v) is 4.14. The third-order valence-corrected chi connectivity index (χ3v) is 10.2. The molecule has 2 N–H and O–H groups in total. The highest BCUT2D eigenvalue weighted by atomic mass is 28.4. The van der Waals surface area contributed by atoms with Crippen LogP contribution >= 0.6 is 0 Å².